The first-order valence-electron chi connectivity index (χ1n) is 4.13. The third kappa shape index (κ3) is 1.22. The molecule has 0 fully saturated rings. The first kappa shape index (κ1) is 7.98. The Labute approximate surface area is 76.0 Å². The summed E-state index contributed by atoms with van der Waals surface area (Å²) in [5.74, 6) is 0.0545. The van der Waals surface area contributed by atoms with Gasteiger partial charge in [-0.2, -0.15) is 5.10 Å². The summed E-state index contributed by atoms with van der Waals surface area (Å²) in [7, 11) is 0. The molecule has 0 unspecified atom stereocenters. The van der Waals surface area contributed by atoms with Crippen molar-refractivity contribution in [3.05, 3.63) is 35.7 Å². The Kier molecular flexibility index (Phi) is 1.65. The van der Waals surface area contributed by atoms with Crippen LogP contribution in [-0.4, -0.2) is 15.4 Å². The van der Waals surface area contributed by atoms with Gasteiger partial charge in [0.15, 0.2) is 5.78 Å². The van der Waals surface area contributed by atoms with E-state index < -0.39 is 0 Å². The zero-order valence-electron chi connectivity index (χ0n) is 7.61. The molecule has 0 saturated heterocycles. The number of aromatic nitrogens is 2. The molecular formula is C10H10N2O. The van der Waals surface area contributed by atoms with Crippen molar-refractivity contribution in [1.82, 2.24) is 9.61 Å². The maximum atomic E-state index is 11.2. The van der Waals surface area contributed by atoms with Crippen LogP contribution in [0.25, 0.3) is 5.52 Å². The first-order chi connectivity index (χ1) is 6.18. The summed E-state index contributed by atoms with van der Waals surface area (Å²) >= 11 is 0. The molecule has 0 amide bonds. The SMILES string of the molecule is CC(=O)c1cnn2cc(C)ccc12. The molecule has 3 nitrogen and oxygen atoms in total. The van der Waals surface area contributed by atoms with Gasteiger partial charge in [-0.15, -0.1) is 0 Å². The number of pyridine rings is 1. The van der Waals surface area contributed by atoms with E-state index in [0.29, 0.717) is 5.56 Å². The van der Waals surface area contributed by atoms with Crippen LogP contribution in [-0.2, 0) is 0 Å². The molecule has 2 aromatic heterocycles. The van der Waals surface area contributed by atoms with Gasteiger partial charge < -0.3 is 0 Å². The molecular weight excluding hydrogens is 164 g/mol. The maximum Gasteiger partial charge on any atom is 0.163 e. The van der Waals surface area contributed by atoms with Gasteiger partial charge in [-0.05, 0) is 25.5 Å². The molecule has 0 N–H and O–H groups in total. The van der Waals surface area contributed by atoms with Crippen molar-refractivity contribution in [2.45, 2.75) is 13.8 Å². The van der Waals surface area contributed by atoms with Gasteiger partial charge in [0.1, 0.15) is 0 Å². The lowest BCUT2D eigenvalue weighted by atomic mass is 10.2. The summed E-state index contributed by atoms with van der Waals surface area (Å²) in [6.45, 7) is 3.55. The van der Waals surface area contributed by atoms with Crippen molar-refractivity contribution in [3.8, 4) is 0 Å². The Balaban J connectivity index is 2.76. The van der Waals surface area contributed by atoms with Gasteiger partial charge in [0.05, 0.1) is 17.3 Å². The Morgan fingerprint density at radius 3 is 2.92 bits per heavy atom. The third-order valence-electron chi connectivity index (χ3n) is 2.04. The second-order valence-electron chi connectivity index (χ2n) is 3.15. The van der Waals surface area contributed by atoms with E-state index in [4.69, 9.17) is 0 Å². The van der Waals surface area contributed by atoms with Gasteiger partial charge in [-0.25, -0.2) is 4.52 Å². The molecule has 0 aliphatic carbocycles. The predicted molar refractivity (Wildman–Crippen MR) is 49.9 cm³/mol. The predicted octanol–water partition coefficient (Wildman–Crippen LogP) is 1.85. The largest absolute Gasteiger partial charge is 0.294 e. The maximum absolute atomic E-state index is 11.2. The standard InChI is InChI=1S/C10H10N2O/c1-7-3-4-10-9(8(2)13)5-11-12(10)6-7/h3-6H,1-2H3. The second-order valence-corrected chi connectivity index (χ2v) is 3.15. The van der Waals surface area contributed by atoms with E-state index in [1.807, 2.05) is 25.3 Å². The van der Waals surface area contributed by atoms with Gasteiger partial charge in [0.25, 0.3) is 0 Å². The van der Waals surface area contributed by atoms with E-state index in [2.05, 4.69) is 5.10 Å². The molecule has 0 radical (unpaired) electrons. The van der Waals surface area contributed by atoms with Crippen LogP contribution in [0, 0.1) is 6.92 Å². The summed E-state index contributed by atoms with van der Waals surface area (Å²) in [6, 6.07) is 3.89. The Morgan fingerprint density at radius 2 is 2.23 bits per heavy atom. The molecule has 66 valence electrons. The molecule has 0 aliphatic heterocycles. The molecule has 0 saturated carbocycles. The van der Waals surface area contributed by atoms with Crippen LogP contribution in [0.15, 0.2) is 24.5 Å². The highest BCUT2D eigenvalue weighted by molar-refractivity contribution is 6.00. The molecule has 0 atom stereocenters. The number of hydrogen-bond acceptors (Lipinski definition) is 2. The number of hydrogen-bond donors (Lipinski definition) is 0. The van der Waals surface area contributed by atoms with Crippen LogP contribution in [0.4, 0.5) is 0 Å². The molecule has 3 heteroatoms. The van der Waals surface area contributed by atoms with Crippen LogP contribution < -0.4 is 0 Å². The van der Waals surface area contributed by atoms with Crippen LogP contribution in [0.5, 0.6) is 0 Å². The molecule has 0 bridgehead atoms. The average Bonchev–Trinajstić information content (AvgIpc) is 2.46. The summed E-state index contributed by atoms with van der Waals surface area (Å²) in [6.07, 6.45) is 3.51. The van der Waals surface area contributed by atoms with Gasteiger partial charge in [-0.3, -0.25) is 4.79 Å². The summed E-state index contributed by atoms with van der Waals surface area (Å²) in [5.41, 5.74) is 2.68. The molecule has 2 rings (SSSR count). The van der Waals surface area contributed by atoms with Crippen molar-refractivity contribution < 1.29 is 4.79 Å². The molecule has 13 heavy (non-hydrogen) atoms. The molecule has 0 aliphatic rings. The van der Waals surface area contributed by atoms with Crippen molar-refractivity contribution in [2.24, 2.45) is 0 Å². The quantitative estimate of drug-likeness (QED) is 0.618. The van der Waals surface area contributed by atoms with Gasteiger partial charge in [0.2, 0.25) is 0 Å². The summed E-state index contributed by atoms with van der Waals surface area (Å²) in [4.78, 5) is 11.2. The number of nitrogens with zero attached hydrogens (tertiary/aromatic N) is 2. The fourth-order valence-electron chi connectivity index (χ4n) is 1.36. The van der Waals surface area contributed by atoms with Crippen LogP contribution in [0.2, 0.25) is 0 Å². The highest BCUT2D eigenvalue weighted by Gasteiger charge is 2.06. The number of carbonyl (C=O) groups is 1. The number of Topliss-reactive ketones (excluding diaryl/α,β-unsaturated/α-hetero) is 1. The summed E-state index contributed by atoms with van der Waals surface area (Å²) in [5, 5.41) is 4.10. The fourth-order valence-corrected chi connectivity index (χ4v) is 1.36. The minimum absolute atomic E-state index is 0.0545. The number of fused-ring (bicyclic) bond motifs is 1. The normalized spacial score (nSPS) is 10.6. The Hall–Kier alpha value is -1.64. The average molecular weight is 174 g/mol. The van der Waals surface area contributed by atoms with Crippen molar-refractivity contribution >= 4 is 11.3 Å². The fraction of sp³-hybridized carbons (Fsp3) is 0.200. The Bertz CT molecular complexity index is 471. The first-order valence-corrected chi connectivity index (χ1v) is 4.13. The lowest BCUT2D eigenvalue weighted by Gasteiger charge is -1.95. The minimum Gasteiger partial charge on any atom is -0.294 e. The molecule has 0 spiro atoms. The highest BCUT2D eigenvalue weighted by Crippen LogP contribution is 2.11. The smallest absolute Gasteiger partial charge is 0.163 e. The van der Waals surface area contributed by atoms with Crippen LogP contribution in [0.3, 0.4) is 0 Å². The number of rotatable bonds is 1. The topological polar surface area (TPSA) is 34.4 Å². The lowest BCUT2D eigenvalue weighted by molar-refractivity contribution is 0.101. The number of carbonyl (C=O) groups excluding carboxylic acids is 1. The molecule has 0 aromatic carbocycles. The number of aryl methyl sites for hydroxylation is 1. The van der Waals surface area contributed by atoms with E-state index in [-0.39, 0.29) is 5.78 Å². The highest BCUT2D eigenvalue weighted by atomic mass is 16.1. The van der Waals surface area contributed by atoms with Crippen molar-refractivity contribution in [1.29, 1.82) is 0 Å². The second kappa shape index (κ2) is 2.69. The molecule has 2 heterocycles. The van der Waals surface area contributed by atoms with E-state index >= 15 is 0 Å². The number of ketones is 1. The van der Waals surface area contributed by atoms with E-state index in [0.717, 1.165) is 11.1 Å². The lowest BCUT2D eigenvalue weighted by Crippen LogP contribution is -1.91. The third-order valence-corrected chi connectivity index (χ3v) is 2.04. The van der Waals surface area contributed by atoms with Crippen LogP contribution in [0.1, 0.15) is 22.8 Å². The monoisotopic (exact) mass is 174 g/mol. The van der Waals surface area contributed by atoms with E-state index in [9.17, 15) is 4.79 Å². The van der Waals surface area contributed by atoms with Gasteiger partial charge >= 0.3 is 0 Å². The zero-order valence-corrected chi connectivity index (χ0v) is 7.61. The van der Waals surface area contributed by atoms with E-state index in [1.165, 1.54) is 0 Å². The van der Waals surface area contributed by atoms with Crippen LogP contribution >= 0.6 is 0 Å². The van der Waals surface area contributed by atoms with Gasteiger partial charge in [-0.1, -0.05) is 6.07 Å². The van der Waals surface area contributed by atoms with Crippen molar-refractivity contribution in [3.63, 3.8) is 0 Å². The van der Waals surface area contributed by atoms with Crippen molar-refractivity contribution in [2.75, 3.05) is 0 Å². The van der Waals surface area contributed by atoms with E-state index in [1.54, 1.807) is 17.6 Å². The van der Waals surface area contributed by atoms with Gasteiger partial charge in [0, 0.05) is 6.20 Å². The summed E-state index contributed by atoms with van der Waals surface area (Å²) < 4.78 is 1.73. The Morgan fingerprint density at radius 1 is 1.46 bits per heavy atom. The molecule has 2 aromatic rings. The minimum atomic E-state index is 0.0545. The zero-order chi connectivity index (χ0) is 9.42.